The molecule has 0 aliphatic carbocycles. The van der Waals surface area contributed by atoms with Gasteiger partial charge in [0.1, 0.15) is 0 Å². The Morgan fingerprint density at radius 2 is 2.29 bits per heavy atom. The highest BCUT2D eigenvalue weighted by molar-refractivity contribution is 9.10. The number of carbonyl (C=O) groups is 1. The molecule has 0 radical (unpaired) electrons. The quantitative estimate of drug-likeness (QED) is 0.890. The zero-order valence-corrected chi connectivity index (χ0v) is 9.60. The molecule has 0 aliphatic rings. The third kappa shape index (κ3) is 3.55. The van der Waals surface area contributed by atoms with Gasteiger partial charge in [0.2, 0.25) is 0 Å². The second-order valence-electron chi connectivity index (χ2n) is 2.69. The van der Waals surface area contributed by atoms with E-state index in [2.05, 4.69) is 21.2 Å². The second kappa shape index (κ2) is 5.22. The minimum absolute atomic E-state index is 0.0758. The van der Waals surface area contributed by atoms with Gasteiger partial charge >= 0.3 is 5.97 Å². The summed E-state index contributed by atoms with van der Waals surface area (Å²) in [6.07, 6.45) is 0.0758. The van der Waals surface area contributed by atoms with Gasteiger partial charge in [-0.15, -0.1) is 0 Å². The van der Waals surface area contributed by atoms with Crippen LogP contribution >= 0.6 is 27.5 Å². The third-order valence-corrected chi connectivity index (χ3v) is 2.39. The van der Waals surface area contributed by atoms with Crippen LogP contribution in [0.1, 0.15) is 6.42 Å². The maximum absolute atomic E-state index is 10.2. The standard InChI is InChI=1S/C9H9BrClNO2/c10-6-1-2-8(7(11)5-6)12-4-3-9(13)14/h1-2,5,12H,3-4H2,(H,13,14). The summed E-state index contributed by atoms with van der Waals surface area (Å²) in [6.45, 7) is 0.372. The summed E-state index contributed by atoms with van der Waals surface area (Å²) < 4.78 is 0.895. The number of carboxylic acids is 1. The van der Waals surface area contributed by atoms with Crippen molar-refractivity contribution in [1.82, 2.24) is 0 Å². The van der Waals surface area contributed by atoms with Crippen molar-refractivity contribution < 1.29 is 9.90 Å². The summed E-state index contributed by atoms with van der Waals surface area (Å²) in [5.74, 6) is -0.828. The summed E-state index contributed by atoms with van der Waals surface area (Å²) in [5.41, 5.74) is 0.746. The number of nitrogens with one attached hydrogen (secondary N) is 1. The Kier molecular flexibility index (Phi) is 4.22. The van der Waals surface area contributed by atoms with Crippen LogP contribution in [-0.2, 0) is 4.79 Å². The molecule has 1 aromatic rings. The Bertz CT molecular complexity index is 344. The third-order valence-electron chi connectivity index (χ3n) is 1.59. The second-order valence-corrected chi connectivity index (χ2v) is 4.02. The molecule has 0 spiro atoms. The molecular weight excluding hydrogens is 269 g/mol. The van der Waals surface area contributed by atoms with E-state index in [1.807, 2.05) is 6.07 Å². The molecule has 0 fully saturated rings. The average molecular weight is 279 g/mol. The van der Waals surface area contributed by atoms with E-state index in [-0.39, 0.29) is 6.42 Å². The van der Waals surface area contributed by atoms with Crippen LogP contribution < -0.4 is 5.32 Å². The van der Waals surface area contributed by atoms with E-state index >= 15 is 0 Å². The van der Waals surface area contributed by atoms with E-state index in [0.29, 0.717) is 11.6 Å². The molecule has 0 bridgehead atoms. The predicted molar refractivity (Wildman–Crippen MR) is 59.9 cm³/mol. The highest BCUT2D eigenvalue weighted by Gasteiger charge is 2.01. The number of halogens is 2. The maximum atomic E-state index is 10.2. The molecule has 2 N–H and O–H groups in total. The highest BCUT2D eigenvalue weighted by atomic mass is 79.9. The van der Waals surface area contributed by atoms with E-state index < -0.39 is 5.97 Å². The predicted octanol–water partition coefficient (Wildman–Crippen LogP) is 2.99. The molecule has 0 aliphatic heterocycles. The summed E-state index contributed by atoms with van der Waals surface area (Å²) >= 11 is 9.19. The molecule has 0 amide bonds. The van der Waals surface area contributed by atoms with Crippen molar-refractivity contribution in [2.45, 2.75) is 6.42 Å². The summed E-state index contributed by atoms with van der Waals surface area (Å²) in [4.78, 5) is 10.2. The molecule has 1 rings (SSSR count). The van der Waals surface area contributed by atoms with Crippen molar-refractivity contribution in [2.75, 3.05) is 11.9 Å². The molecule has 1 aromatic carbocycles. The van der Waals surface area contributed by atoms with Crippen LogP contribution in [0, 0.1) is 0 Å². The minimum atomic E-state index is -0.828. The lowest BCUT2D eigenvalue weighted by molar-refractivity contribution is -0.136. The number of benzene rings is 1. The van der Waals surface area contributed by atoms with Gasteiger partial charge in [0.15, 0.2) is 0 Å². The minimum Gasteiger partial charge on any atom is -0.481 e. The molecule has 0 atom stereocenters. The molecule has 0 unspecified atom stereocenters. The van der Waals surface area contributed by atoms with Crippen molar-refractivity contribution >= 4 is 39.2 Å². The number of anilines is 1. The van der Waals surface area contributed by atoms with Crippen molar-refractivity contribution in [3.05, 3.63) is 27.7 Å². The lowest BCUT2D eigenvalue weighted by Gasteiger charge is -2.06. The Hall–Kier alpha value is -0.740. The molecule has 3 nitrogen and oxygen atoms in total. The van der Waals surface area contributed by atoms with E-state index in [0.717, 1.165) is 10.2 Å². The SMILES string of the molecule is O=C(O)CCNc1ccc(Br)cc1Cl. The maximum Gasteiger partial charge on any atom is 0.305 e. The van der Waals surface area contributed by atoms with Gasteiger partial charge in [-0.2, -0.15) is 0 Å². The van der Waals surface area contributed by atoms with Gasteiger partial charge in [-0.05, 0) is 18.2 Å². The molecule has 5 heteroatoms. The zero-order valence-electron chi connectivity index (χ0n) is 7.26. The molecule has 0 saturated heterocycles. The molecule has 76 valence electrons. The number of aliphatic carboxylic acids is 1. The number of hydrogen-bond donors (Lipinski definition) is 2. The van der Waals surface area contributed by atoms with E-state index in [9.17, 15) is 4.79 Å². The van der Waals surface area contributed by atoms with E-state index in [1.54, 1.807) is 12.1 Å². The molecular formula is C9H9BrClNO2. The van der Waals surface area contributed by atoms with Crippen LogP contribution in [0.25, 0.3) is 0 Å². The van der Waals surface area contributed by atoms with Crippen molar-refractivity contribution in [2.24, 2.45) is 0 Å². The number of hydrogen-bond acceptors (Lipinski definition) is 2. The Morgan fingerprint density at radius 1 is 1.57 bits per heavy atom. The monoisotopic (exact) mass is 277 g/mol. The number of rotatable bonds is 4. The lowest BCUT2D eigenvalue weighted by atomic mass is 10.3. The highest BCUT2D eigenvalue weighted by Crippen LogP contribution is 2.25. The summed E-state index contributed by atoms with van der Waals surface area (Å²) in [6, 6.07) is 5.40. The molecule has 0 aromatic heterocycles. The summed E-state index contributed by atoms with van der Waals surface area (Å²) in [7, 11) is 0. The first kappa shape index (κ1) is 11.3. The Morgan fingerprint density at radius 3 is 2.86 bits per heavy atom. The van der Waals surface area contributed by atoms with Gasteiger partial charge in [0.05, 0.1) is 17.1 Å². The van der Waals surface area contributed by atoms with Crippen LogP contribution in [0.15, 0.2) is 22.7 Å². The van der Waals surface area contributed by atoms with Crippen molar-refractivity contribution in [3.8, 4) is 0 Å². The van der Waals surface area contributed by atoms with Gasteiger partial charge in [0.25, 0.3) is 0 Å². The Balaban J connectivity index is 2.55. The first-order chi connectivity index (χ1) is 6.59. The van der Waals surface area contributed by atoms with Crippen molar-refractivity contribution in [3.63, 3.8) is 0 Å². The topological polar surface area (TPSA) is 49.3 Å². The lowest BCUT2D eigenvalue weighted by Crippen LogP contribution is -2.07. The fourth-order valence-corrected chi connectivity index (χ4v) is 1.68. The van der Waals surface area contributed by atoms with Gasteiger partial charge in [-0.1, -0.05) is 27.5 Å². The van der Waals surface area contributed by atoms with E-state index in [1.165, 1.54) is 0 Å². The number of carboxylic acid groups (broad SMARTS) is 1. The molecule has 0 heterocycles. The van der Waals surface area contributed by atoms with Crippen LogP contribution in [0.2, 0.25) is 5.02 Å². The van der Waals surface area contributed by atoms with Crippen LogP contribution in [0.4, 0.5) is 5.69 Å². The first-order valence-corrected chi connectivity index (χ1v) is 5.17. The van der Waals surface area contributed by atoms with Gasteiger partial charge in [0, 0.05) is 11.0 Å². The first-order valence-electron chi connectivity index (χ1n) is 4.00. The van der Waals surface area contributed by atoms with Crippen molar-refractivity contribution in [1.29, 1.82) is 0 Å². The fraction of sp³-hybridized carbons (Fsp3) is 0.222. The van der Waals surface area contributed by atoms with Gasteiger partial charge in [-0.3, -0.25) is 4.79 Å². The zero-order chi connectivity index (χ0) is 10.6. The van der Waals surface area contributed by atoms with Crippen LogP contribution in [0.5, 0.6) is 0 Å². The summed E-state index contributed by atoms with van der Waals surface area (Å²) in [5, 5.41) is 11.9. The fourth-order valence-electron chi connectivity index (χ4n) is 0.937. The smallest absolute Gasteiger partial charge is 0.305 e. The van der Waals surface area contributed by atoms with Crippen LogP contribution in [0.3, 0.4) is 0 Å². The van der Waals surface area contributed by atoms with Gasteiger partial charge < -0.3 is 10.4 Å². The normalized spacial score (nSPS) is 9.86. The Labute approximate surface area is 95.2 Å². The van der Waals surface area contributed by atoms with Crippen LogP contribution in [-0.4, -0.2) is 17.6 Å². The molecule has 14 heavy (non-hydrogen) atoms. The average Bonchev–Trinajstić information content (AvgIpc) is 2.08. The van der Waals surface area contributed by atoms with E-state index in [4.69, 9.17) is 16.7 Å². The van der Waals surface area contributed by atoms with Gasteiger partial charge in [-0.25, -0.2) is 0 Å². The largest absolute Gasteiger partial charge is 0.481 e. The molecule has 0 saturated carbocycles.